The van der Waals surface area contributed by atoms with Gasteiger partial charge in [-0.15, -0.1) is 0 Å². The van der Waals surface area contributed by atoms with Crippen LogP contribution in [0, 0.1) is 11.6 Å². The number of piperidine rings is 1. The summed E-state index contributed by atoms with van der Waals surface area (Å²) >= 11 is 0. The molecule has 0 saturated carbocycles. The maximum absolute atomic E-state index is 15.3. The zero-order valence-electron chi connectivity index (χ0n) is 23.2. The molecule has 2 aromatic carbocycles. The Morgan fingerprint density at radius 3 is 2.27 bits per heavy atom. The van der Waals surface area contributed by atoms with Crippen molar-refractivity contribution in [1.82, 2.24) is 14.5 Å². The van der Waals surface area contributed by atoms with Gasteiger partial charge in [-0.2, -0.15) is 0 Å². The van der Waals surface area contributed by atoms with Crippen LogP contribution in [-0.2, 0) is 4.74 Å². The van der Waals surface area contributed by atoms with Crippen molar-refractivity contribution in [3.8, 4) is 11.5 Å². The molecule has 1 aliphatic rings. The van der Waals surface area contributed by atoms with Crippen molar-refractivity contribution in [2.75, 3.05) is 45.4 Å². The second kappa shape index (κ2) is 11.7. The van der Waals surface area contributed by atoms with Gasteiger partial charge >= 0.3 is 6.09 Å². The number of carbonyl (C=O) groups excluding carboxylic acids is 1. The minimum Gasteiger partial charge on any atom is -0.493 e. The van der Waals surface area contributed by atoms with Gasteiger partial charge in [-0.1, -0.05) is 0 Å². The molecule has 40 heavy (non-hydrogen) atoms. The molecule has 1 aromatic heterocycles. The number of halogens is 2. The van der Waals surface area contributed by atoms with Crippen molar-refractivity contribution < 1.29 is 32.9 Å². The third kappa shape index (κ3) is 5.81. The van der Waals surface area contributed by atoms with Gasteiger partial charge in [0.05, 0.1) is 38.1 Å². The molecule has 0 atom stereocenters. The third-order valence-electron chi connectivity index (χ3n) is 6.73. The first kappa shape index (κ1) is 29.1. The number of ether oxygens (including phenoxy) is 3. The molecule has 10 nitrogen and oxygen atoms in total. The Bertz CT molecular complexity index is 1420. The molecule has 0 aliphatic carbocycles. The van der Waals surface area contributed by atoms with E-state index in [1.807, 2.05) is 20.8 Å². The second-order valence-electron chi connectivity index (χ2n) is 10.5. The number of hydrogen-bond donors (Lipinski definition) is 1. The molecule has 1 N–H and O–H groups in total. The smallest absolute Gasteiger partial charge is 0.410 e. The molecule has 0 radical (unpaired) electrons. The summed E-state index contributed by atoms with van der Waals surface area (Å²) in [6, 6.07) is 5.55. The van der Waals surface area contributed by atoms with Gasteiger partial charge < -0.3 is 29.1 Å². The van der Waals surface area contributed by atoms with Crippen LogP contribution in [0.3, 0.4) is 0 Å². The van der Waals surface area contributed by atoms with Gasteiger partial charge in [0.2, 0.25) is 0 Å². The summed E-state index contributed by atoms with van der Waals surface area (Å²) in [6.45, 7) is 5.66. The summed E-state index contributed by atoms with van der Waals surface area (Å²) in [4.78, 5) is 33.3. The van der Waals surface area contributed by atoms with E-state index >= 15 is 8.78 Å². The van der Waals surface area contributed by atoms with Crippen molar-refractivity contribution in [2.45, 2.75) is 45.3 Å². The summed E-state index contributed by atoms with van der Waals surface area (Å²) in [5.41, 5.74) is -0.731. The number of carbonyl (C=O) groups is 1. The number of aromatic nitrogens is 2. The lowest BCUT2D eigenvalue weighted by Crippen LogP contribution is -2.43. The molecule has 0 bridgehead atoms. The normalized spacial score (nSPS) is 14.3. The van der Waals surface area contributed by atoms with Gasteiger partial charge in [0.25, 0.3) is 5.56 Å². The van der Waals surface area contributed by atoms with Crippen molar-refractivity contribution >= 4 is 28.4 Å². The van der Waals surface area contributed by atoms with Gasteiger partial charge in [-0.05, 0) is 51.8 Å². The van der Waals surface area contributed by atoms with Crippen LogP contribution < -0.4 is 19.9 Å². The summed E-state index contributed by atoms with van der Waals surface area (Å²) < 4.78 is 47.8. The number of methoxy groups -OCH3 is 2. The second-order valence-corrected chi connectivity index (χ2v) is 10.5. The summed E-state index contributed by atoms with van der Waals surface area (Å²) in [5, 5.41) is 9.98. The molecule has 0 spiro atoms. The fourth-order valence-electron chi connectivity index (χ4n) is 4.78. The Morgan fingerprint density at radius 2 is 1.73 bits per heavy atom. The zero-order chi connectivity index (χ0) is 29.2. The van der Waals surface area contributed by atoms with Crippen molar-refractivity contribution in [3.63, 3.8) is 0 Å². The summed E-state index contributed by atoms with van der Waals surface area (Å²) in [6.07, 6.45) is 2.15. The first-order valence-corrected chi connectivity index (χ1v) is 13.0. The van der Waals surface area contributed by atoms with Crippen LogP contribution in [0.15, 0.2) is 35.4 Å². The molecule has 1 fully saturated rings. The maximum Gasteiger partial charge on any atom is 0.410 e. The fourth-order valence-corrected chi connectivity index (χ4v) is 4.78. The Morgan fingerprint density at radius 1 is 1.10 bits per heavy atom. The van der Waals surface area contributed by atoms with Crippen LogP contribution in [0.2, 0.25) is 0 Å². The first-order chi connectivity index (χ1) is 19.0. The number of aliphatic hydroxyl groups excluding tert-OH is 1. The molecule has 4 rings (SSSR count). The average Bonchev–Trinajstić information content (AvgIpc) is 2.92. The van der Waals surface area contributed by atoms with Crippen LogP contribution in [0.4, 0.5) is 25.0 Å². The van der Waals surface area contributed by atoms with Crippen LogP contribution in [0.25, 0.3) is 10.9 Å². The first-order valence-electron chi connectivity index (χ1n) is 13.0. The van der Waals surface area contributed by atoms with Crippen molar-refractivity contribution in [2.24, 2.45) is 0 Å². The zero-order valence-corrected chi connectivity index (χ0v) is 23.2. The number of rotatable bonds is 7. The van der Waals surface area contributed by atoms with Crippen LogP contribution >= 0.6 is 0 Å². The van der Waals surface area contributed by atoms with Crippen LogP contribution in [0.5, 0.6) is 11.5 Å². The van der Waals surface area contributed by atoms with Gasteiger partial charge in [-0.3, -0.25) is 9.36 Å². The minimum absolute atomic E-state index is 0.173. The lowest BCUT2D eigenvalue weighted by Gasteiger charge is -2.34. The maximum atomic E-state index is 15.3. The molecule has 12 heteroatoms. The predicted molar refractivity (Wildman–Crippen MR) is 146 cm³/mol. The Labute approximate surface area is 230 Å². The molecule has 3 aromatic rings. The molecule has 216 valence electrons. The Kier molecular flexibility index (Phi) is 8.48. The topological polar surface area (TPSA) is 106 Å². The highest BCUT2D eigenvalue weighted by atomic mass is 19.1. The van der Waals surface area contributed by atoms with E-state index in [-0.39, 0.29) is 40.7 Å². The number of benzene rings is 2. The Hall–Kier alpha value is -3.93. The fraction of sp³-hybridized carbons (Fsp3) is 0.464. The van der Waals surface area contributed by atoms with Crippen LogP contribution in [0.1, 0.15) is 39.7 Å². The lowest BCUT2D eigenvalue weighted by atomic mass is 10.0. The highest BCUT2D eigenvalue weighted by molar-refractivity contribution is 5.83. The van der Waals surface area contributed by atoms with E-state index in [2.05, 4.69) is 4.98 Å². The number of aliphatic hydroxyl groups is 1. The van der Waals surface area contributed by atoms with Gasteiger partial charge in [0, 0.05) is 37.4 Å². The molecular formula is C28H34F2N4O6. The predicted octanol–water partition coefficient (Wildman–Crippen LogP) is 4.39. The SMILES string of the molecule is COc1cc(OC)c(F)c(N(CCO)c2ccc3ncn(C4CCN(C(=O)OC(C)(C)C)CC4)c(=O)c3c2)c1F. The molecule has 1 amide bonds. The van der Waals surface area contributed by atoms with Gasteiger partial charge in [-0.25, -0.2) is 18.6 Å². The summed E-state index contributed by atoms with van der Waals surface area (Å²) in [7, 11) is 2.50. The number of anilines is 2. The van der Waals surface area contributed by atoms with E-state index in [1.165, 1.54) is 36.1 Å². The molecule has 0 unspecified atom stereocenters. The van der Waals surface area contributed by atoms with E-state index in [1.54, 1.807) is 17.0 Å². The van der Waals surface area contributed by atoms with Crippen molar-refractivity contribution in [3.05, 3.63) is 52.6 Å². The van der Waals surface area contributed by atoms with E-state index in [4.69, 9.17) is 14.2 Å². The monoisotopic (exact) mass is 560 g/mol. The number of hydrogen-bond acceptors (Lipinski definition) is 8. The molecule has 1 aliphatic heterocycles. The highest BCUT2D eigenvalue weighted by Crippen LogP contribution is 2.40. The number of likely N-dealkylation sites (tertiary alicyclic amines) is 1. The largest absolute Gasteiger partial charge is 0.493 e. The number of nitrogens with zero attached hydrogens (tertiary/aromatic N) is 4. The lowest BCUT2D eigenvalue weighted by molar-refractivity contribution is 0.0187. The molecule has 2 heterocycles. The standard InChI is InChI=1S/C28H34F2N4O6/c1-28(2,3)40-27(37)32-10-8-17(9-11-32)34-16-31-20-7-6-18(14-19(20)26(34)36)33(12-13-35)25-23(29)21(38-4)15-22(39-5)24(25)30/h6-7,14-17,35H,8-13H2,1-5H3. The van der Waals surface area contributed by atoms with Crippen molar-refractivity contribution in [1.29, 1.82) is 0 Å². The van der Waals surface area contributed by atoms with E-state index < -0.39 is 35.6 Å². The minimum atomic E-state index is -0.977. The van der Waals surface area contributed by atoms with Crippen LogP contribution in [-0.4, -0.2) is 71.7 Å². The third-order valence-corrected chi connectivity index (χ3v) is 6.73. The number of amides is 1. The summed E-state index contributed by atoms with van der Waals surface area (Å²) in [5.74, 6) is -2.43. The number of fused-ring (bicyclic) bond motifs is 1. The average molecular weight is 561 g/mol. The molecular weight excluding hydrogens is 526 g/mol. The quantitative estimate of drug-likeness (QED) is 0.454. The van der Waals surface area contributed by atoms with Gasteiger partial charge in [0.1, 0.15) is 11.3 Å². The molecule has 1 saturated heterocycles. The van der Waals surface area contributed by atoms with E-state index in [9.17, 15) is 14.7 Å². The highest BCUT2D eigenvalue weighted by Gasteiger charge is 2.29. The van der Waals surface area contributed by atoms with E-state index in [0.29, 0.717) is 31.4 Å². The van der Waals surface area contributed by atoms with Gasteiger partial charge in [0.15, 0.2) is 23.1 Å². The van der Waals surface area contributed by atoms with E-state index in [0.717, 1.165) is 6.07 Å². The Balaban J connectivity index is 1.69.